The van der Waals surface area contributed by atoms with Crippen molar-refractivity contribution in [2.45, 2.75) is 54.4 Å². The maximum atomic E-state index is 10.8. The van der Waals surface area contributed by atoms with Gasteiger partial charge in [0.25, 0.3) is 10.1 Å². The Morgan fingerprint density at radius 3 is 1.53 bits per heavy atom. The minimum Gasteiger partial charge on any atom is -0.286 e. The summed E-state index contributed by atoms with van der Waals surface area (Å²) in [4.78, 5) is 0. The molecule has 0 unspecified atom stereocenters. The summed E-state index contributed by atoms with van der Waals surface area (Å²) in [6.07, 6.45) is 1.38. The molecule has 0 bridgehead atoms. The van der Waals surface area contributed by atoms with Crippen LogP contribution in [0.5, 0.6) is 0 Å². The van der Waals surface area contributed by atoms with E-state index < -0.39 is 10.1 Å². The topological polar surface area (TPSA) is 54.4 Å². The Balaban J connectivity index is 4.83. The third kappa shape index (κ3) is 4.59. The quantitative estimate of drug-likeness (QED) is 0.715. The zero-order chi connectivity index (χ0) is 13.9. The summed E-state index contributed by atoms with van der Waals surface area (Å²) in [5.41, 5.74) is 0.144. The van der Waals surface area contributed by atoms with E-state index in [9.17, 15) is 8.42 Å². The van der Waals surface area contributed by atoms with Crippen LogP contribution in [0, 0.1) is 23.2 Å². The van der Waals surface area contributed by atoms with Gasteiger partial charge in [-0.15, -0.1) is 0 Å². The number of rotatable bonds is 7. The van der Waals surface area contributed by atoms with Gasteiger partial charge in [-0.1, -0.05) is 41.5 Å². The highest BCUT2D eigenvalue weighted by Gasteiger charge is 2.39. The fourth-order valence-corrected chi connectivity index (χ4v) is 3.94. The van der Waals surface area contributed by atoms with Gasteiger partial charge < -0.3 is 0 Å². The van der Waals surface area contributed by atoms with Gasteiger partial charge >= 0.3 is 0 Å². The molecule has 0 fully saturated rings. The molecule has 0 saturated heterocycles. The lowest BCUT2D eigenvalue weighted by atomic mass is 9.60. The first kappa shape index (κ1) is 16.9. The average Bonchev–Trinajstić information content (AvgIpc) is 2.08. The lowest BCUT2D eigenvalue weighted by Crippen LogP contribution is -2.38. The largest absolute Gasteiger partial charge is 0.286 e. The van der Waals surface area contributed by atoms with E-state index in [2.05, 4.69) is 41.5 Å². The van der Waals surface area contributed by atoms with Crippen molar-refractivity contribution in [2.75, 3.05) is 5.75 Å². The Morgan fingerprint density at radius 1 is 0.941 bits per heavy atom. The van der Waals surface area contributed by atoms with E-state index in [0.29, 0.717) is 24.2 Å². The SMILES string of the molecule is CC(C)C(CCCS(=O)(=O)O)(C(C)C)C(C)C. The summed E-state index contributed by atoms with van der Waals surface area (Å²) < 4.78 is 30.4. The van der Waals surface area contributed by atoms with E-state index >= 15 is 0 Å². The molecular formula is C13H28O3S. The van der Waals surface area contributed by atoms with Crippen molar-refractivity contribution in [3.8, 4) is 0 Å². The van der Waals surface area contributed by atoms with E-state index in [1.165, 1.54) is 0 Å². The Morgan fingerprint density at radius 2 is 1.29 bits per heavy atom. The molecular weight excluding hydrogens is 236 g/mol. The van der Waals surface area contributed by atoms with Gasteiger partial charge in [-0.25, -0.2) is 0 Å². The molecule has 104 valence electrons. The third-order valence-corrected chi connectivity index (χ3v) is 5.04. The standard InChI is InChI=1S/C13H28O3S/c1-10(2)13(11(3)4,12(5)6)8-7-9-17(14,15)16/h10-12H,7-9H2,1-6H3,(H,14,15,16). The van der Waals surface area contributed by atoms with Crippen LogP contribution in [-0.4, -0.2) is 18.7 Å². The Hall–Kier alpha value is -0.0900. The second-order valence-corrected chi connectivity index (χ2v) is 7.54. The maximum Gasteiger partial charge on any atom is 0.264 e. The summed E-state index contributed by atoms with van der Waals surface area (Å²) in [7, 11) is -3.82. The minimum atomic E-state index is -3.82. The smallest absolute Gasteiger partial charge is 0.264 e. The molecule has 0 saturated carbocycles. The van der Waals surface area contributed by atoms with Gasteiger partial charge in [0.2, 0.25) is 0 Å². The van der Waals surface area contributed by atoms with Crippen molar-refractivity contribution >= 4 is 10.1 Å². The Bertz CT molecular complexity index is 294. The van der Waals surface area contributed by atoms with Crippen molar-refractivity contribution in [2.24, 2.45) is 23.2 Å². The Labute approximate surface area is 107 Å². The van der Waals surface area contributed by atoms with E-state index in [-0.39, 0.29) is 11.2 Å². The van der Waals surface area contributed by atoms with Crippen LogP contribution in [0.3, 0.4) is 0 Å². The van der Waals surface area contributed by atoms with Gasteiger partial charge in [0.1, 0.15) is 0 Å². The number of hydrogen-bond donors (Lipinski definition) is 1. The minimum absolute atomic E-state index is 0.124. The van der Waals surface area contributed by atoms with E-state index in [4.69, 9.17) is 4.55 Å². The second-order valence-electron chi connectivity index (χ2n) is 5.97. The van der Waals surface area contributed by atoms with Crippen LogP contribution in [0.4, 0.5) is 0 Å². The molecule has 0 aromatic rings. The normalized spacial score (nSPS) is 14.0. The predicted octanol–water partition coefficient (Wildman–Crippen LogP) is 3.61. The van der Waals surface area contributed by atoms with Crippen LogP contribution in [0.2, 0.25) is 0 Å². The molecule has 0 radical (unpaired) electrons. The zero-order valence-corrected chi connectivity index (χ0v) is 12.8. The molecule has 0 aromatic carbocycles. The van der Waals surface area contributed by atoms with Gasteiger partial charge in [0, 0.05) is 0 Å². The van der Waals surface area contributed by atoms with Gasteiger partial charge in [0.15, 0.2) is 0 Å². The van der Waals surface area contributed by atoms with Crippen molar-refractivity contribution < 1.29 is 13.0 Å². The lowest BCUT2D eigenvalue weighted by Gasteiger charge is -2.45. The Kier molecular flexibility index (Phi) is 6.15. The predicted molar refractivity (Wildman–Crippen MR) is 72.6 cm³/mol. The monoisotopic (exact) mass is 264 g/mol. The molecule has 0 aliphatic carbocycles. The summed E-state index contributed by atoms with van der Waals surface area (Å²) in [5.74, 6) is 1.39. The molecule has 17 heavy (non-hydrogen) atoms. The van der Waals surface area contributed by atoms with Gasteiger partial charge in [-0.2, -0.15) is 8.42 Å². The highest BCUT2D eigenvalue weighted by atomic mass is 32.2. The molecule has 0 atom stereocenters. The first-order chi connectivity index (χ1) is 7.54. The fourth-order valence-electron chi connectivity index (χ4n) is 3.43. The molecule has 0 rings (SSSR count). The first-order valence-corrected chi connectivity index (χ1v) is 8.10. The highest BCUT2D eigenvalue weighted by Crippen LogP contribution is 2.46. The summed E-state index contributed by atoms with van der Waals surface area (Å²) in [5, 5.41) is 0. The zero-order valence-electron chi connectivity index (χ0n) is 12.0. The van der Waals surface area contributed by atoms with Crippen LogP contribution >= 0.6 is 0 Å². The van der Waals surface area contributed by atoms with Gasteiger partial charge in [-0.05, 0) is 36.0 Å². The summed E-state index contributed by atoms with van der Waals surface area (Å²) in [6, 6.07) is 0. The molecule has 0 spiro atoms. The van der Waals surface area contributed by atoms with Crippen LogP contribution in [0.25, 0.3) is 0 Å². The molecule has 0 aromatic heterocycles. The van der Waals surface area contributed by atoms with E-state index in [1.54, 1.807) is 0 Å². The molecule has 0 aliphatic heterocycles. The first-order valence-electron chi connectivity index (χ1n) is 6.49. The summed E-state index contributed by atoms with van der Waals surface area (Å²) in [6.45, 7) is 13.2. The molecule has 4 heteroatoms. The van der Waals surface area contributed by atoms with Crippen molar-refractivity contribution in [3.63, 3.8) is 0 Å². The third-order valence-electron chi connectivity index (χ3n) is 4.24. The van der Waals surface area contributed by atoms with Crippen LogP contribution in [0.1, 0.15) is 54.4 Å². The number of hydrogen-bond acceptors (Lipinski definition) is 2. The molecule has 0 aliphatic rings. The lowest BCUT2D eigenvalue weighted by molar-refractivity contribution is 0.0380. The van der Waals surface area contributed by atoms with E-state index in [1.807, 2.05) is 0 Å². The van der Waals surface area contributed by atoms with E-state index in [0.717, 1.165) is 6.42 Å². The fraction of sp³-hybridized carbons (Fsp3) is 1.00. The molecule has 0 heterocycles. The van der Waals surface area contributed by atoms with Crippen molar-refractivity contribution in [3.05, 3.63) is 0 Å². The van der Waals surface area contributed by atoms with Gasteiger partial charge in [0.05, 0.1) is 5.75 Å². The maximum absolute atomic E-state index is 10.8. The van der Waals surface area contributed by atoms with Crippen LogP contribution in [-0.2, 0) is 10.1 Å². The van der Waals surface area contributed by atoms with Crippen molar-refractivity contribution in [1.82, 2.24) is 0 Å². The summed E-state index contributed by atoms with van der Waals surface area (Å²) >= 11 is 0. The average molecular weight is 264 g/mol. The molecule has 0 amide bonds. The van der Waals surface area contributed by atoms with Crippen LogP contribution in [0.15, 0.2) is 0 Å². The highest BCUT2D eigenvalue weighted by molar-refractivity contribution is 7.85. The van der Waals surface area contributed by atoms with Crippen molar-refractivity contribution in [1.29, 1.82) is 0 Å². The molecule has 3 nitrogen and oxygen atoms in total. The molecule has 1 N–H and O–H groups in total. The second kappa shape index (κ2) is 6.19. The van der Waals surface area contributed by atoms with Crippen LogP contribution < -0.4 is 0 Å². The van der Waals surface area contributed by atoms with Gasteiger partial charge in [-0.3, -0.25) is 4.55 Å².